The first kappa shape index (κ1) is 16.3. The number of halogens is 1. The Hall–Kier alpha value is -0.570. The molecule has 3 fully saturated rings. The molecule has 3 aliphatic rings. The van der Waals surface area contributed by atoms with Gasteiger partial charge < -0.3 is 4.74 Å². The van der Waals surface area contributed by atoms with Gasteiger partial charge in [0.1, 0.15) is 6.10 Å². The predicted octanol–water partition coefficient (Wildman–Crippen LogP) is 5.38. The molecule has 0 spiro atoms. The van der Waals surface area contributed by atoms with Crippen molar-refractivity contribution in [3.63, 3.8) is 0 Å². The molecule has 2 nitrogen and oxygen atoms in total. The van der Waals surface area contributed by atoms with Crippen LogP contribution in [0.5, 0.6) is 0 Å². The maximum atomic E-state index is 11.5. The summed E-state index contributed by atoms with van der Waals surface area (Å²) in [6.07, 6.45) is 8.32. The Labute approximate surface area is 142 Å². The van der Waals surface area contributed by atoms with Gasteiger partial charge in [0.15, 0.2) is 0 Å². The Morgan fingerprint density at radius 2 is 2.27 bits per heavy atom. The third-order valence-electron chi connectivity index (χ3n) is 6.54. The standard InChI is InChI=1S/C19H27BrO2/c1-12(9-15-10-13(2)18(21)22-15)16-6-7-17-14(11-20)5-4-8-19(16,17)3/h11-12,15-17H,2,4-10H2,1,3H3/t12-,15-,16-,17?,19-/m1/s1. The van der Waals surface area contributed by atoms with Crippen LogP contribution in [-0.4, -0.2) is 12.1 Å². The number of esters is 1. The van der Waals surface area contributed by atoms with Crippen LogP contribution in [0.2, 0.25) is 0 Å². The van der Waals surface area contributed by atoms with E-state index < -0.39 is 0 Å². The van der Waals surface area contributed by atoms with Crippen molar-refractivity contribution >= 4 is 21.9 Å². The molecule has 1 unspecified atom stereocenters. The number of rotatable bonds is 3. The van der Waals surface area contributed by atoms with Crippen LogP contribution >= 0.6 is 15.9 Å². The molecule has 22 heavy (non-hydrogen) atoms. The highest BCUT2D eigenvalue weighted by Crippen LogP contribution is 2.60. The summed E-state index contributed by atoms with van der Waals surface area (Å²) >= 11 is 3.58. The fourth-order valence-electron chi connectivity index (χ4n) is 5.49. The number of hydrogen-bond acceptors (Lipinski definition) is 2. The van der Waals surface area contributed by atoms with Crippen molar-refractivity contribution in [2.75, 3.05) is 0 Å². The lowest BCUT2D eigenvalue weighted by Crippen LogP contribution is -2.36. The van der Waals surface area contributed by atoms with Gasteiger partial charge in [-0.2, -0.15) is 0 Å². The van der Waals surface area contributed by atoms with Crippen LogP contribution in [-0.2, 0) is 9.53 Å². The van der Waals surface area contributed by atoms with E-state index in [1.807, 2.05) is 0 Å². The number of cyclic esters (lactones) is 1. The summed E-state index contributed by atoms with van der Waals surface area (Å²) in [6.45, 7) is 8.66. The van der Waals surface area contributed by atoms with Crippen LogP contribution in [0.4, 0.5) is 0 Å². The zero-order chi connectivity index (χ0) is 15.9. The number of hydrogen-bond donors (Lipinski definition) is 0. The molecule has 0 aromatic heterocycles. The van der Waals surface area contributed by atoms with Crippen LogP contribution in [0.25, 0.3) is 0 Å². The van der Waals surface area contributed by atoms with Gasteiger partial charge in [-0.3, -0.25) is 0 Å². The molecule has 1 heterocycles. The molecule has 2 saturated carbocycles. The summed E-state index contributed by atoms with van der Waals surface area (Å²) in [5, 5.41) is 0. The van der Waals surface area contributed by atoms with Gasteiger partial charge in [-0.1, -0.05) is 41.9 Å². The second-order valence-electron chi connectivity index (χ2n) is 7.83. The van der Waals surface area contributed by atoms with Crippen LogP contribution in [0.1, 0.15) is 58.8 Å². The van der Waals surface area contributed by atoms with E-state index in [0.717, 1.165) is 24.7 Å². The van der Waals surface area contributed by atoms with Crippen LogP contribution < -0.4 is 0 Å². The summed E-state index contributed by atoms with van der Waals surface area (Å²) in [5.74, 6) is 1.91. The van der Waals surface area contributed by atoms with Crippen molar-refractivity contribution in [3.8, 4) is 0 Å². The van der Waals surface area contributed by atoms with Crippen molar-refractivity contribution in [2.45, 2.75) is 64.9 Å². The van der Waals surface area contributed by atoms with Gasteiger partial charge in [0.25, 0.3) is 0 Å². The molecule has 0 aromatic carbocycles. The number of carbonyl (C=O) groups excluding carboxylic acids is 1. The molecule has 5 atom stereocenters. The molecular formula is C19H27BrO2. The highest BCUT2D eigenvalue weighted by atomic mass is 79.9. The molecule has 122 valence electrons. The summed E-state index contributed by atoms with van der Waals surface area (Å²) in [6, 6.07) is 0. The van der Waals surface area contributed by atoms with Gasteiger partial charge >= 0.3 is 5.97 Å². The van der Waals surface area contributed by atoms with Gasteiger partial charge in [0, 0.05) is 12.0 Å². The smallest absolute Gasteiger partial charge is 0.333 e. The topological polar surface area (TPSA) is 26.3 Å². The maximum Gasteiger partial charge on any atom is 0.333 e. The third-order valence-corrected chi connectivity index (χ3v) is 7.12. The Morgan fingerprint density at radius 3 is 2.91 bits per heavy atom. The largest absolute Gasteiger partial charge is 0.459 e. The Kier molecular flexibility index (Phi) is 4.55. The predicted molar refractivity (Wildman–Crippen MR) is 92.6 cm³/mol. The van der Waals surface area contributed by atoms with Crippen LogP contribution in [0.3, 0.4) is 0 Å². The lowest BCUT2D eigenvalue weighted by Gasteiger charge is -2.44. The van der Waals surface area contributed by atoms with Gasteiger partial charge in [-0.25, -0.2) is 4.79 Å². The van der Waals surface area contributed by atoms with Crippen molar-refractivity contribution in [3.05, 3.63) is 22.7 Å². The lowest BCUT2D eigenvalue weighted by atomic mass is 9.61. The Balaban J connectivity index is 1.69. The van der Waals surface area contributed by atoms with E-state index in [2.05, 4.69) is 41.3 Å². The van der Waals surface area contributed by atoms with Gasteiger partial charge in [-0.05, 0) is 66.7 Å². The number of fused-ring (bicyclic) bond motifs is 1. The molecule has 1 aliphatic heterocycles. The average molecular weight is 367 g/mol. The van der Waals surface area contributed by atoms with Gasteiger partial charge in [0.05, 0.1) is 0 Å². The van der Waals surface area contributed by atoms with Crippen molar-refractivity contribution in [1.82, 2.24) is 0 Å². The molecule has 0 bridgehead atoms. The molecule has 0 N–H and O–H groups in total. The molecular weight excluding hydrogens is 340 g/mol. The minimum Gasteiger partial charge on any atom is -0.459 e. The SMILES string of the molecule is C=C1C[C@@H](C[C@@H](C)[C@H]2CCC3C(=CBr)CCC[C@@]32C)OC1=O. The van der Waals surface area contributed by atoms with E-state index in [9.17, 15) is 4.79 Å². The zero-order valence-electron chi connectivity index (χ0n) is 13.7. The highest BCUT2D eigenvalue weighted by Gasteiger charge is 2.51. The first-order chi connectivity index (χ1) is 10.5. The first-order valence-electron chi connectivity index (χ1n) is 8.63. The number of allylic oxidation sites excluding steroid dienone is 1. The third kappa shape index (κ3) is 2.70. The number of ether oxygens (including phenoxy) is 1. The van der Waals surface area contributed by atoms with E-state index >= 15 is 0 Å². The normalized spacial score (nSPS) is 41.6. The Bertz CT molecular complexity index is 494. The Morgan fingerprint density at radius 1 is 1.50 bits per heavy atom. The minimum absolute atomic E-state index is 0.0624. The summed E-state index contributed by atoms with van der Waals surface area (Å²) in [4.78, 5) is 13.7. The van der Waals surface area contributed by atoms with E-state index in [4.69, 9.17) is 4.74 Å². The fourth-order valence-corrected chi connectivity index (χ4v) is 6.04. The second kappa shape index (κ2) is 6.14. The zero-order valence-corrected chi connectivity index (χ0v) is 15.3. The van der Waals surface area contributed by atoms with Crippen molar-refractivity contribution in [2.24, 2.45) is 23.2 Å². The molecule has 0 radical (unpaired) electrons. The van der Waals surface area contributed by atoms with Gasteiger partial charge in [0.2, 0.25) is 0 Å². The quantitative estimate of drug-likeness (QED) is 0.495. The van der Waals surface area contributed by atoms with E-state index in [-0.39, 0.29) is 12.1 Å². The van der Waals surface area contributed by atoms with Crippen molar-refractivity contribution in [1.29, 1.82) is 0 Å². The molecule has 3 heteroatoms. The average Bonchev–Trinajstić information content (AvgIpc) is 2.98. The number of carbonyl (C=O) groups is 1. The van der Waals surface area contributed by atoms with Crippen molar-refractivity contribution < 1.29 is 9.53 Å². The van der Waals surface area contributed by atoms with Crippen LogP contribution in [0.15, 0.2) is 22.7 Å². The summed E-state index contributed by atoms with van der Waals surface area (Å²) in [5.41, 5.74) is 2.69. The molecule has 1 saturated heterocycles. The van der Waals surface area contributed by atoms with Gasteiger partial charge in [-0.15, -0.1) is 0 Å². The highest BCUT2D eigenvalue weighted by molar-refractivity contribution is 9.11. The monoisotopic (exact) mass is 366 g/mol. The minimum atomic E-state index is -0.185. The summed E-state index contributed by atoms with van der Waals surface area (Å²) < 4.78 is 5.46. The second-order valence-corrected chi connectivity index (χ2v) is 8.29. The molecule has 2 aliphatic carbocycles. The van der Waals surface area contributed by atoms with E-state index in [1.54, 1.807) is 5.57 Å². The first-order valence-corrected chi connectivity index (χ1v) is 9.55. The lowest BCUT2D eigenvalue weighted by molar-refractivity contribution is -0.139. The molecule has 3 rings (SSSR count). The van der Waals surface area contributed by atoms with Crippen LogP contribution in [0, 0.1) is 23.2 Å². The van der Waals surface area contributed by atoms with E-state index in [1.165, 1.54) is 32.1 Å². The maximum absolute atomic E-state index is 11.5. The van der Waals surface area contributed by atoms with E-state index in [0.29, 0.717) is 16.9 Å². The molecule has 0 amide bonds. The summed E-state index contributed by atoms with van der Waals surface area (Å²) in [7, 11) is 0. The molecule has 0 aromatic rings. The fraction of sp³-hybridized carbons (Fsp3) is 0.737.